The molecule has 0 aromatic heterocycles. The lowest BCUT2D eigenvalue weighted by Crippen LogP contribution is -2.27. The number of halogens is 3. The van der Waals surface area contributed by atoms with E-state index in [1.54, 1.807) is 6.92 Å². The quantitative estimate of drug-likeness (QED) is 0.335. The molecule has 7 heteroatoms. The van der Waals surface area contributed by atoms with Crippen LogP contribution in [0.3, 0.4) is 0 Å². The second-order valence-corrected chi connectivity index (χ2v) is 4.09. The van der Waals surface area contributed by atoms with E-state index in [0.717, 1.165) is 6.07 Å². The molecule has 106 valence electrons. The van der Waals surface area contributed by atoms with E-state index in [9.17, 15) is 13.2 Å². The average molecular weight is 275 g/mol. The Morgan fingerprint density at radius 2 is 2.05 bits per heavy atom. The number of rotatable bonds is 5. The fourth-order valence-corrected chi connectivity index (χ4v) is 1.67. The molecule has 1 unspecified atom stereocenters. The molecule has 0 aliphatic heterocycles. The third kappa shape index (κ3) is 4.35. The average Bonchev–Trinajstić information content (AvgIpc) is 2.37. The summed E-state index contributed by atoms with van der Waals surface area (Å²) in [4.78, 5) is 0. The lowest BCUT2D eigenvalue weighted by atomic mass is 10.1. The van der Waals surface area contributed by atoms with Gasteiger partial charge in [0.15, 0.2) is 0 Å². The van der Waals surface area contributed by atoms with Crippen LogP contribution in [0.25, 0.3) is 0 Å². The first-order chi connectivity index (χ1) is 8.88. The summed E-state index contributed by atoms with van der Waals surface area (Å²) in [5, 5.41) is 14.1. The molecule has 4 N–H and O–H groups in total. The highest BCUT2D eigenvalue weighted by molar-refractivity contribution is 5.80. The van der Waals surface area contributed by atoms with E-state index in [0.29, 0.717) is 6.42 Å². The Hall–Kier alpha value is -1.92. The minimum absolute atomic E-state index is 0.00686. The smallest absolute Gasteiger partial charge is 0.409 e. The molecular formula is C12H16F3N3O. The maximum absolute atomic E-state index is 12.8. The second kappa shape index (κ2) is 6.31. The van der Waals surface area contributed by atoms with Crippen molar-refractivity contribution < 1.29 is 18.4 Å². The molecule has 4 nitrogen and oxygen atoms in total. The Kier molecular flexibility index (Phi) is 5.02. The van der Waals surface area contributed by atoms with Crippen molar-refractivity contribution in [3.63, 3.8) is 0 Å². The summed E-state index contributed by atoms with van der Waals surface area (Å²) in [5.74, 6) is -0.0242. The van der Waals surface area contributed by atoms with E-state index in [1.807, 2.05) is 0 Å². The number of hydrogen-bond acceptors (Lipinski definition) is 3. The topological polar surface area (TPSA) is 70.6 Å². The molecule has 0 saturated heterocycles. The van der Waals surface area contributed by atoms with Crippen molar-refractivity contribution in [3.8, 4) is 0 Å². The zero-order chi connectivity index (χ0) is 14.5. The van der Waals surface area contributed by atoms with Crippen LogP contribution < -0.4 is 11.1 Å². The third-order valence-electron chi connectivity index (χ3n) is 2.67. The van der Waals surface area contributed by atoms with Crippen molar-refractivity contribution in [2.45, 2.75) is 32.0 Å². The highest BCUT2D eigenvalue weighted by Gasteiger charge is 2.33. The molecular weight excluding hydrogens is 259 g/mol. The summed E-state index contributed by atoms with van der Waals surface area (Å²) < 4.78 is 38.4. The number of nitrogens with zero attached hydrogens (tertiary/aromatic N) is 1. The van der Waals surface area contributed by atoms with Crippen molar-refractivity contribution in [1.29, 1.82) is 0 Å². The maximum atomic E-state index is 12.8. The maximum Gasteiger partial charge on any atom is 0.418 e. The molecule has 0 radical (unpaired) electrons. The van der Waals surface area contributed by atoms with Crippen LogP contribution in [-0.2, 0) is 6.18 Å². The first kappa shape index (κ1) is 15.1. The van der Waals surface area contributed by atoms with Crippen LogP contribution >= 0.6 is 0 Å². The molecule has 0 fully saturated rings. The Morgan fingerprint density at radius 1 is 1.42 bits per heavy atom. The van der Waals surface area contributed by atoms with Crippen molar-refractivity contribution in [3.05, 3.63) is 29.8 Å². The van der Waals surface area contributed by atoms with Crippen LogP contribution in [0, 0.1) is 0 Å². The van der Waals surface area contributed by atoms with E-state index in [-0.39, 0.29) is 24.0 Å². The van der Waals surface area contributed by atoms with Crippen LogP contribution in [0.2, 0.25) is 0 Å². The van der Waals surface area contributed by atoms with E-state index >= 15 is 0 Å². The number of nitrogens with one attached hydrogen (secondary N) is 1. The van der Waals surface area contributed by atoms with Gasteiger partial charge in [-0.15, -0.1) is 0 Å². The summed E-state index contributed by atoms with van der Waals surface area (Å²) in [7, 11) is 0. The molecule has 1 aromatic carbocycles. The highest BCUT2D eigenvalue weighted by atomic mass is 19.4. The Labute approximate surface area is 109 Å². The van der Waals surface area contributed by atoms with Crippen molar-refractivity contribution in [1.82, 2.24) is 0 Å². The predicted molar refractivity (Wildman–Crippen MR) is 67.2 cm³/mol. The second-order valence-electron chi connectivity index (χ2n) is 4.09. The van der Waals surface area contributed by atoms with E-state index in [2.05, 4.69) is 10.5 Å². The minimum Gasteiger partial charge on any atom is -0.409 e. The Balaban J connectivity index is 2.92. The van der Waals surface area contributed by atoms with Crippen LogP contribution in [0.4, 0.5) is 18.9 Å². The van der Waals surface area contributed by atoms with Gasteiger partial charge < -0.3 is 16.3 Å². The third-order valence-corrected chi connectivity index (χ3v) is 2.67. The highest BCUT2D eigenvalue weighted by Crippen LogP contribution is 2.35. The van der Waals surface area contributed by atoms with Crippen LogP contribution in [-0.4, -0.2) is 17.1 Å². The number of para-hydroxylation sites is 1. The molecule has 0 saturated carbocycles. The normalized spacial score (nSPS) is 14.2. The van der Waals surface area contributed by atoms with Gasteiger partial charge in [0.05, 0.1) is 5.56 Å². The summed E-state index contributed by atoms with van der Waals surface area (Å²) in [6, 6.07) is 4.89. The van der Waals surface area contributed by atoms with Gasteiger partial charge >= 0.3 is 6.18 Å². The molecule has 0 bridgehead atoms. The zero-order valence-electron chi connectivity index (χ0n) is 10.4. The largest absolute Gasteiger partial charge is 0.418 e. The molecule has 19 heavy (non-hydrogen) atoms. The summed E-state index contributed by atoms with van der Waals surface area (Å²) in [5.41, 5.74) is 4.63. The fraction of sp³-hybridized carbons (Fsp3) is 0.417. The zero-order valence-corrected chi connectivity index (χ0v) is 10.4. The summed E-state index contributed by atoms with van der Waals surface area (Å²) in [6.45, 7) is 1.80. The number of anilines is 1. The van der Waals surface area contributed by atoms with E-state index < -0.39 is 11.7 Å². The van der Waals surface area contributed by atoms with Crippen LogP contribution in [0.1, 0.15) is 25.3 Å². The van der Waals surface area contributed by atoms with Crippen molar-refractivity contribution >= 4 is 11.5 Å². The van der Waals surface area contributed by atoms with Crippen LogP contribution in [0.15, 0.2) is 29.4 Å². The number of benzene rings is 1. The summed E-state index contributed by atoms with van der Waals surface area (Å²) >= 11 is 0. The molecule has 1 aromatic rings. The van der Waals surface area contributed by atoms with Crippen molar-refractivity contribution in [2.75, 3.05) is 5.32 Å². The first-order valence-corrected chi connectivity index (χ1v) is 5.77. The SMILES string of the molecule is CCC(CC(N)=NO)Nc1ccccc1C(F)(F)F. The molecule has 0 aliphatic rings. The standard InChI is InChI=1S/C12H16F3N3O/c1-2-8(7-11(16)18-19)17-10-6-4-3-5-9(10)12(13,14)15/h3-6,8,17,19H,2,7H2,1H3,(H2,16,18). The number of alkyl halides is 3. The molecule has 0 heterocycles. The van der Waals surface area contributed by atoms with Gasteiger partial charge in [-0.3, -0.25) is 0 Å². The molecule has 0 aliphatic carbocycles. The number of oxime groups is 1. The van der Waals surface area contributed by atoms with Gasteiger partial charge in [0.2, 0.25) is 0 Å². The van der Waals surface area contributed by atoms with Gasteiger partial charge in [0.25, 0.3) is 0 Å². The predicted octanol–water partition coefficient (Wildman–Crippen LogP) is 3.03. The van der Waals surface area contributed by atoms with Gasteiger partial charge in [-0.1, -0.05) is 24.2 Å². The molecule has 1 rings (SSSR count). The van der Waals surface area contributed by atoms with Crippen LogP contribution in [0.5, 0.6) is 0 Å². The van der Waals surface area contributed by atoms with Crippen molar-refractivity contribution in [2.24, 2.45) is 10.9 Å². The van der Waals surface area contributed by atoms with Gasteiger partial charge in [-0.25, -0.2) is 0 Å². The van der Waals surface area contributed by atoms with Gasteiger partial charge in [-0.2, -0.15) is 13.2 Å². The lowest BCUT2D eigenvalue weighted by Gasteiger charge is -2.20. The Morgan fingerprint density at radius 3 is 2.58 bits per heavy atom. The number of hydrogen-bond donors (Lipinski definition) is 3. The monoisotopic (exact) mass is 275 g/mol. The molecule has 1 atom stereocenters. The minimum atomic E-state index is -4.42. The van der Waals surface area contributed by atoms with Gasteiger partial charge in [-0.05, 0) is 18.6 Å². The molecule has 0 amide bonds. The fourth-order valence-electron chi connectivity index (χ4n) is 1.67. The number of nitrogens with two attached hydrogens (primary N) is 1. The van der Waals surface area contributed by atoms with Gasteiger partial charge in [0, 0.05) is 18.2 Å². The molecule has 0 spiro atoms. The van der Waals surface area contributed by atoms with E-state index in [4.69, 9.17) is 10.9 Å². The van der Waals surface area contributed by atoms with E-state index in [1.165, 1.54) is 18.2 Å². The lowest BCUT2D eigenvalue weighted by molar-refractivity contribution is -0.137. The summed E-state index contributed by atoms with van der Waals surface area (Å²) in [6.07, 6.45) is -3.71. The number of amidine groups is 1. The Bertz CT molecular complexity index is 446. The van der Waals surface area contributed by atoms with Gasteiger partial charge in [0.1, 0.15) is 5.84 Å². The first-order valence-electron chi connectivity index (χ1n) is 5.77.